The highest BCUT2D eigenvalue weighted by molar-refractivity contribution is 7.89. The summed E-state index contributed by atoms with van der Waals surface area (Å²) >= 11 is 0. The summed E-state index contributed by atoms with van der Waals surface area (Å²) in [7, 11) is -3.78. The van der Waals surface area contributed by atoms with E-state index in [0.717, 1.165) is 0 Å². The van der Waals surface area contributed by atoms with Gasteiger partial charge in [0.15, 0.2) is 0 Å². The number of nitrogen functional groups attached to an aromatic ring is 1. The van der Waals surface area contributed by atoms with Crippen LogP contribution in [0.4, 0.5) is 21.5 Å². The number of halogens is 1. The predicted octanol–water partition coefficient (Wildman–Crippen LogP) is 2.11. The number of anilines is 3. The van der Waals surface area contributed by atoms with Gasteiger partial charge >= 0.3 is 0 Å². The van der Waals surface area contributed by atoms with Crippen LogP contribution in [-0.2, 0) is 10.0 Å². The van der Waals surface area contributed by atoms with E-state index in [9.17, 15) is 12.8 Å². The van der Waals surface area contributed by atoms with E-state index in [-0.39, 0.29) is 16.4 Å². The van der Waals surface area contributed by atoms with Gasteiger partial charge in [0.25, 0.3) is 0 Å². The maximum atomic E-state index is 13.2. The highest BCUT2D eigenvalue weighted by Crippen LogP contribution is 2.26. The van der Waals surface area contributed by atoms with Crippen LogP contribution >= 0.6 is 0 Å². The Morgan fingerprint density at radius 1 is 1.15 bits per heavy atom. The average Bonchev–Trinajstić information content (AvgIpc) is 2.35. The maximum Gasteiger partial charge on any atom is 0.238 e. The lowest BCUT2D eigenvalue weighted by Crippen LogP contribution is -2.12. The van der Waals surface area contributed by atoms with Crippen LogP contribution in [0, 0.1) is 12.7 Å². The molecule has 5 nitrogen and oxygen atoms in total. The van der Waals surface area contributed by atoms with E-state index in [0.29, 0.717) is 16.9 Å². The van der Waals surface area contributed by atoms with Crippen LogP contribution in [0.3, 0.4) is 0 Å². The summed E-state index contributed by atoms with van der Waals surface area (Å²) < 4.78 is 35.6. The van der Waals surface area contributed by atoms with Crippen molar-refractivity contribution >= 4 is 27.1 Å². The van der Waals surface area contributed by atoms with Gasteiger partial charge in [0, 0.05) is 5.69 Å². The minimum atomic E-state index is -3.78. The van der Waals surface area contributed by atoms with Crippen LogP contribution < -0.4 is 16.2 Å². The average molecular weight is 295 g/mol. The second-order valence-electron chi connectivity index (χ2n) is 4.38. The summed E-state index contributed by atoms with van der Waals surface area (Å²) in [4.78, 5) is -0.0594. The van der Waals surface area contributed by atoms with Crippen LogP contribution in [0.25, 0.3) is 0 Å². The minimum absolute atomic E-state index is 0.0594. The van der Waals surface area contributed by atoms with E-state index in [1.54, 1.807) is 19.1 Å². The molecule has 0 aliphatic rings. The van der Waals surface area contributed by atoms with Gasteiger partial charge in [-0.25, -0.2) is 17.9 Å². The van der Waals surface area contributed by atoms with Gasteiger partial charge in [-0.15, -0.1) is 0 Å². The van der Waals surface area contributed by atoms with Crippen molar-refractivity contribution in [3.05, 3.63) is 47.8 Å². The number of primary sulfonamides is 1. The summed E-state index contributed by atoms with van der Waals surface area (Å²) in [6.07, 6.45) is 0. The first-order valence-corrected chi connectivity index (χ1v) is 7.27. The molecule has 0 atom stereocenters. The molecule has 0 spiro atoms. The molecule has 0 unspecified atom stereocenters. The van der Waals surface area contributed by atoms with Gasteiger partial charge in [0.1, 0.15) is 5.82 Å². The van der Waals surface area contributed by atoms with Crippen molar-refractivity contribution < 1.29 is 12.8 Å². The fourth-order valence-corrected chi connectivity index (χ4v) is 2.26. The van der Waals surface area contributed by atoms with Gasteiger partial charge in [-0.1, -0.05) is 0 Å². The molecule has 0 radical (unpaired) electrons. The smallest absolute Gasteiger partial charge is 0.238 e. The number of rotatable bonds is 3. The zero-order valence-corrected chi connectivity index (χ0v) is 11.5. The van der Waals surface area contributed by atoms with Gasteiger partial charge in [-0.2, -0.15) is 0 Å². The Hall–Kier alpha value is -2.12. The van der Waals surface area contributed by atoms with Gasteiger partial charge < -0.3 is 11.1 Å². The third-order valence-corrected chi connectivity index (χ3v) is 3.70. The van der Waals surface area contributed by atoms with Crippen LogP contribution in [0.1, 0.15) is 5.56 Å². The first kappa shape index (κ1) is 14.3. The molecule has 0 bridgehead atoms. The predicted molar refractivity (Wildman–Crippen MR) is 76.6 cm³/mol. The first-order chi connectivity index (χ1) is 9.27. The SMILES string of the molecule is Cc1cc(Nc2ccc(S(N)(=O)=O)cc2N)ccc1F. The Labute approximate surface area is 116 Å². The largest absolute Gasteiger partial charge is 0.397 e. The number of benzene rings is 2. The number of sulfonamides is 1. The Balaban J connectivity index is 2.32. The molecular formula is C13H14FN3O2S. The summed E-state index contributed by atoms with van der Waals surface area (Å²) in [5.74, 6) is -0.298. The van der Waals surface area contributed by atoms with Crippen LogP contribution in [0.15, 0.2) is 41.3 Å². The fraction of sp³-hybridized carbons (Fsp3) is 0.0769. The molecule has 0 aromatic heterocycles. The Kier molecular flexibility index (Phi) is 3.65. The van der Waals surface area contributed by atoms with E-state index in [4.69, 9.17) is 10.9 Å². The lowest BCUT2D eigenvalue weighted by Gasteiger charge is -2.11. The number of aryl methyl sites for hydroxylation is 1. The topological polar surface area (TPSA) is 98.2 Å². The molecule has 0 aliphatic heterocycles. The maximum absolute atomic E-state index is 13.2. The molecule has 0 heterocycles. The second kappa shape index (κ2) is 5.10. The summed E-state index contributed by atoms with van der Waals surface area (Å²) in [5.41, 5.74) is 7.68. The van der Waals surface area contributed by atoms with Gasteiger partial charge in [0.2, 0.25) is 10.0 Å². The van der Waals surface area contributed by atoms with Crippen molar-refractivity contribution in [2.24, 2.45) is 5.14 Å². The van der Waals surface area contributed by atoms with Crippen LogP contribution in [0.5, 0.6) is 0 Å². The molecular weight excluding hydrogens is 281 g/mol. The van der Waals surface area contributed by atoms with Gasteiger partial charge in [-0.3, -0.25) is 0 Å². The van der Waals surface area contributed by atoms with Crippen molar-refractivity contribution in [2.75, 3.05) is 11.1 Å². The molecule has 0 aliphatic carbocycles. The molecule has 7 heteroatoms. The Bertz CT molecular complexity index is 760. The quantitative estimate of drug-likeness (QED) is 0.755. The lowest BCUT2D eigenvalue weighted by atomic mass is 10.2. The van der Waals surface area contributed by atoms with Crippen LogP contribution in [-0.4, -0.2) is 8.42 Å². The standard InChI is InChI=1S/C13H14FN3O2S/c1-8-6-9(2-4-11(8)14)17-13-5-3-10(7-12(13)15)20(16,18)19/h2-7,17H,15H2,1H3,(H2,16,18,19). The Morgan fingerprint density at radius 2 is 1.85 bits per heavy atom. The van der Waals surface area contributed by atoms with Crippen molar-refractivity contribution in [3.63, 3.8) is 0 Å². The molecule has 0 amide bonds. The molecule has 2 aromatic carbocycles. The first-order valence-electron chi connectivity index (χ1n) is 5.73. The summed E-state index contributed by atoms with van der Waals surface area (Å²) in [6, 6.07) is 8.66. The zero-order chi connectivity index (χ0) is 14.9. The van der Waals surface area contributed by atoms with E-state index in [2.05, 4.69) is 5.32 Å². The normalized spacial score (nSPS) is 11.3. The number of hydrogen-bond donors (Lipinski definition) is 3. The molecule has 0 fully saturated rings. The van der Waals surface area contributed by atoms with Gasteiger partial charge in [0.05, 0.1) is 16.3 Å². The number of nitrogens with one attached hydrogen (secondary N) is 1. The summed E-state index contributed by atoms with van der Waals surface area (Å²) in [6.45, 7) is 1.65. The monoisotopic (exact) mass is 295 g/mol. The molecule has 2 rings (SSSR count). The molecule has 20 heavy (non-hydrogen) atoms. The van der Waals surface area contributed by atoms with E-state index >= 15 is 0 Å². The highest BCUT2D eigenvalue weighted by atomic mass is 32.2. The van der Waals surface area contributed by atoms with Crippen molar-refractivity contribution in [1.29, 1.82) is 0 Å². The van der Waals surface area contributed by atoms with E-state index in [1.165, 1.54) is 24.3 Å². The van der Waals surface area contributed by atoms with Crippen molar-refractivity contribution in [2.45, 2.75) is 11.8 Å². The van der Waals surface area contributed by atoms with Crippen LogP contribution in [0.2, 0.25) is 0 Å². The minimum Gasteiger partial charge on any atom is -0.397 e. The number of hydrogen-bond acceptors (Lipinski definition) is 4. The lowest BCUT2D eigenvalue weighted by molar-refractivity contribution is 0.598. The second-order valence-corrected chi connectivity index (χ2v) is 5.94. The molecule has 0 saturated heterocycles. The third-order valence-electron chi connectivity index (χ3n) is 2.79. The molecule has 5 N–H and O–H groups in total. The fourth-order valence-electron chi connectivity index (χ4n) is 1.71. The molecule has 2 aromatic rings. The number of nitrogens with two attached hydrogens (primary N) is 2. The van der Waals surface area contributed by atoms with E-state index in [1.807, 2.05) is 0 Å². The molecule has 106 valence electrons. The third kappa shape index (κ3) is 3.06. The molecule has 0 saturated carbocycles. The Morgan fingerprint density at radius 3 is 2.40 bits per heavy atom. The van der Waals surface area contributed by atoms with Crippen molar-refractivity contribution in [3.8, 4) is 0 Å². The highest BCUT2D eigenvalue weighted by Gasteiger charge is 2.10. The summed E-state index contributed by atoms with van der Waals surface area (Å²) in [5, 5.41) is 8.01. The zero-order valence-electron chi connectivity index (χ0n) is 10.7. The van der Waals surface area contributed by atoms with Crippen molar-refractivity contribution in [1.82, 2.24) is 0 Å². The van der Waals surface area contributed by atoms with E-state index < -0.39 is 10.0 Å². The van der Waals surface area contributed by atoms with Gasteiger partial charge in [-0.05, 0) is 48.9 Å².